The Morgan fingerprint density at radius 2 is 1.54 bits per heavy atom. The number of anilines is 1. The molecule has 1 fully saturated rings. The number of ketones is 1. The third kappa shape index (κ3) is 4.43. The molecular formula is C25H17Cl3FNO5. The fourth-order valence-corrected chi connectivity index (χ4v) is 4.43. The highest BCUT2D eigenvalue weighted by Gasteiger charge is 2.47. The number of nitrogens with zero attached hydrogens (tertiary/aromatic N) is 1. The van der Waals surface area contributed by atoms with E-state index in [4.69, 9.17) is 44.3 Å². The van der Waals surface area contributed by atoms with Crippen LogP contribution in [-0.2, 0) is 9.59 Å². The fourth-order valence-electron chi connectivity index (χ4n) is 3.89. The largest absolute Gasteiger partial charge is 0.507 e. The van der Waals surface area contributed by atoms with Crippen LogP contribution in [0.15, 0.2) is 60.2 Å². The number of amides is 1. The van der Waals surface area contributed by atoms with Gasteiger partial charge in [0.05, 0.1) is 46.5 Å². The average Bonchev–Trinajstić information content (AvgIpc) is 3.11. The molecule has 1 aliphatic heterocycles. The first kappa shape index (κ1) is 24.9. The van der Waals surface area contributed by atoms with Crippen LogP contribution in [0.4, 0.5) is 10.1 Å². The zero-order valence-corrected chi connectivity index (χ0v) is 20.6. The number of halogens is 4. The molecule has 1 heterocycles. The zero-order chi connectivity index (χ0) is 25.4. The van der Waals surface area contributed by atoms with Crippen molar-refractivity contribution in [2.75, 3.05) is 19.1 Å². The normalized spacial score (nSPS) is 17.1. The van der Waals surface area contributed by atoms with Gasteiger partial charge in [-0.2, -0.15) is 0 Å². The van der Waals surface area contributed by atoms with Crippen LogP contribution in [0, 0.1) is 5.82 Å². The number of aliphatic hydroxyl groups is 1. The lowest BCUT2D eigenvalue weighted by molar-refractivity contribution is -0.132. The monoisotopic (exact) mass is 535 g/mol. The standard InChI is InChI=1S/C25H17Cl3FNO5/c1-34-19-11-18(28)20(35-2)10-15(19)23(31)21-22(12-3-8-16(26)17(27)9-12)30(25(33)24(21)32)14-6-4-13(29)5-7-14/h3-11,22,31H,1-2H3/b23-21+. The van der Waals surface area contributed by atoms with Gasteiger partial charge in [0.2, 0.25) is 0 Å². The van der Waals surface area contributed by atoms with Gasteiger partial charge in [-0.3, -0.25) is 14.5 Å². The summed E-state index contributed by atoms with van der Waals surface area (Å²) >= 11 is 18.5. The molecule has 0 radical (unpaired) electrons. The number of Topliss-reactive ketones (excluding diaryl/α,β-unsaturated/α-hetero) is 1. The smallest absolute Gasteiger partial charge is 0.300 e. The third-order valence-electron chi connectivity index (χ3n) is 5.54. The first-order valence-electron chi connectivity index (χ1n) is 10.1. The van der Waals surface area contributed by atoms with Crippen molar-refractivity contribution in [3.63, 3.8) is 0 Å². The highest BCUT2D eigenvalue weighted by atomic mass is 35.5. The first-order valence-corrected chi connectivity index (χ1v) is 11.2. The number of carbonyl (C=O) groups is 2. The van der Waals surface area contributed by atoms with Crippen LogP contribution in [-0.4, -0.2) is 31.0 Å². The predicted octanol–water partition coefficient (Wildman–Crippen LogP) is 6.43. The zero-order valence-electron chi connectivity index (χ0n) is 18.3. The van der Waals surface area contributed by atoms with Crippen LogP contribution in [0.25, 0.3) is 5.76 Å². The highest BCUT2D eigenvalue weighted by molar-refractivity contribution is 6.52. The molecule has 1 amide bonds. The van der Waals surface area contributed by atoms with Crippen molar-refractivity contribution in [3.8, 4) is 11.5 Å². The molecule has 1 saturated heterocycles. The van der Waals surface area contributed by atoms with E-state index in [0.717, 1.165) is 17.0 Å². The molecule has 1 unspecified atom stereocenters. The number of ether oxygens (including phenoxy) is 2. The Kier molecular flexibility index (Phi) is 6.94. The lowest BCUT2D eigenvalue weighted by Crippen LogP contribution is -2.29. The number of aliphatic hydroxyl groups excluding tert-OH is 1. The maximum Gasteiger partial charge on any atom is 0.300 e. The number of carbonyl (C=O) groups excluding carboxylic acids is 2. The van der Waals surface area contributed by atoms with Crippen LogP contribution >= 0.6 is 34.8 Å². The molecule has 1 atom stereocenters. The maximum absolute atomic E-state index is 13.6. The van der Waals surface area contributed by atoms with E-state index in [2.05, 4.69) is 0 Å². The first-order chi connectivity index (χ1) is 16.7. The second-order valence-electron chi connectivity index (χ2n) is 7.51. The maximum atomic E-state index is 13.6. The molecule has 3 aromatic rings. The van der Waals surface area contributed by atoms with Crippen LogP contribution in [0.1, 0.15) is 17.2 Å². The number of methoxy groups -OCH3 is 2. The number of hydrogen-bond donors (Lipinski definition) is 1. The van der Waals surface area contributed by atoms with Crippen molar-refractivity contribution in [3.05, 3.63) is 92.2 Å². The Hall–Kier alpha value is -3.26. The van der Waals surface area contributed by atoms with E-state index in [1.165, 1.54) is 50.6 Å². The molecule has 0 aromatic heterocycles. The van der Waals surface area contributed by atoms with Crippen molar-refractivity contribution in [2.45, 2.75) is 6.04 Å². The number of benzene rings is 3. The molecular weight excluding hydrogens is 520 g/mol. The second kappa shape index (κ2) is 9.77. The molecule has 180 valence electrons. The summed E-state index contributed by atoms with van der Waals surface area (Å²) in [4.78, 5) is 27.7. The van der Waals surface area contributed by atoms with Gasteiger partial charge in [-0.05, 0) is 48.0 Å². The van der Waals surface area contributed by atoms with Crippen LogP contribution in [0.2, 0.25) is 15.1 Å². The highest BCUT2D eigenvalue weighted by Crippen LogP contribution is 2.45. The summed E-state index contributed by atoms with van der Waals surface area (Å²) in [5.74, 6) is -2.56. The molecule has 1 N–H and O–H groups in total. The van der Waals surface area contributed by atoms with Gasteiger partial charge in [0.1, 0.15) is 23.1 Å². The second-order valence-corrected chi connectivity index (χ2v) is 8.73. The Balaban J connectivity index is 2.01. The van der Waals surface area contributed by atoms with E-state index in [0.29, 0.717) is 5.56 Å². The van der Waals surface area contributed by atoms with Crippen molar-refractivity contribution < 1.29 is 28.6 Å². The Bertz CT molecular complexity index is 1370. The number of hydrogen-bond acceptors (Lipinski definition) is 5. The molecule has 0 bridgehead atoms. The minimum atomic E-state index is -1.11. The van der Waals surface area contributed by atoms with Gasteiger partial charge in [-0.15, -0.1) is 0 Å². The third-order valence-corrected chi connectivity index (χ3v) is 6.57. The van der Waals surface area contributed by atoms with Crippen molar-refractivity contribution in [1.29, 1.82) is 0 Å². The average molecular weight is 537 g/mol. The van der Waals surface area contributed by atoms with Gasteiger partial charge in [-0.1, -0.05) is 40.9 Å². The van der Waals surface area contributed by atoms with Crippen LogP contribution in [0.3, 0.4) is 0 Å². The molecule has 10 heteroatoms. The van der Waals surface area contributed by atoms with E-state index in [9.17, 15) is 19.1 Å². The summed E-state index contributed by atoms with van der Waals surface area (Å²) in [5.41, 5.74) is 0.477. The van der Waals surface area contributed by atoms with Crippen molar-refractivity contribution in [1.82, 2.24) is 0 Å². The lowest BCUT2D eigenvalue weighted by Gasteiger charge is -2.26. The Morgan fingerprint density at radius 3 is 2.14 bits per heavy atom. The lowest BCUT2D eigenvalue weighted by atomic mass is 9.94. The van der Waals surface area contributed by atoms with Gasteiger partial charge in [-0.25, -0.2) is 4.39 Å². The quantitative estimate of drug-likeness (QED) is 0.231. The summed E-state index contributed by atoms with van der Waals surface area (Å²) in [6.45, 7) is 0. The molecule has 4 rings (SSSR count). The number of rotatable bonds is 5. The molecule has 0 spiro atoms. The Morgan fingerprint density at radius 1 is 0.886 bits per heavy atom. The van der Waals surface area contributed by atoms with E-state index >= 15 is 0 Å². The SMILES string of the molecule is COc1cc(/C(O)=C2\C(=O)C(=O)N(c3ccc(F)cc3)C2c2ccc(Cl)c(Cl)c2)c(OC)cc1Cl. The molecule has 3 aromatic carbocycles. The van der Waals surface area contributed by atoms with Gasteiger partial charge in [0.15, 0.2) is 0 Å². The summed E-state index contributed by atoms with van der Waals surface area (Å²) in [6, 6.07) is 11.3. The van der Waals surface area contributed by atoms with Gasteiger partial charge >= 0.3 is 0 Å². The molecule has 35 heavy (non-hydrogen) atoms. The summed E-state index contributed by atoms with van der Waals surface area (Å²) in [5, 5.41) is 12.0. The molecule has 0 saturated carbocycles. The van der Waals surface area contributed by atoms with E-state index in [1.54, 1.807) is 6.07 Å². The van der Waals surface area contributed by atoms with Crippen molar-refractivity contribution >= 4 is 57.9 Å². The van der Waals surface area contributed by atoms with E-state index in [-0.39, 0.29) is 43.4 Å². The van der Waals surface area contributed by atoms with Gasteiger partial charge < -0.3 is 14.6 Å². The minimum Gasteiger partial charge on any atom is -0.507 e. The molecule has 0 aliphatic carbocycles. The van der Waals surface area contributed by atoms with Gasteiger partial charge in [0.25, 0.3) is 11.7 Å². The minimum absolute atomic E-state index is 0.0796. The van der Waals surface area contributed by atoms with Gasteiger partial charge in [0, 0.05) is 11.8 Å². The summed E-state index contributed by atoms with van der Waals surface area (Å²) in [6.07, 6.45) is 0. The fraction of sp³-hybridized carbons (Fsp3) is 0.120. The van der Waals surface area contributed by atoms with E-state index in [1.807, 2.05) is 0 Å². The summed E-state index contributed by atoms with van der Waals surface area (Å²) in [7, 11) is 2.75. The Labute approximate surface area is 215 Å². The van der Waals surface area contributed by atoms with Crippen LogP contribution in [0.5, 0.6) is 11.5 Å². The molecule has 6 nitrogen and oxygen atoms in total. The van der Waals surface area contributed by atoms with Crippen LogP contribution < -0.4 is 14.4 Å². The topological polar surface area (TPSA) is 76.1 Å². The predicted molar refractivity (Wildman–Crippen MR) is 132 cm³/mol. The molecule has 1 aliphatic rings. The van der Waals surface area contributed by atoms with Crippen molar-refractivity contribution in [2.24, 2.45) is 0 Å². The van der Waals surface area contributed by atoms with E-state index < -0.39 is 29.3 Å². The summed E-state index contributed by atoms with van der Waals surface area (Å²) < 4.78 is 24.2.